The van der Waals surface area contributed by atoms with Crippen LogP contribution in [0.15, 0.2) is 24.3 Å². The zero-order chi connectivity index (χ0) is 19.4. The molecule has 27 heavy (non-hydrogen) atoms. The number of fused-ring (bicyclic) bond motifs is 1. The number of rotatable bonds is 3. The van der Waals surface area contributed by atoms with Crippen molar-refractivity contribution >= 4 is 12.0 Å². The summed E-state index contributed by atoms with van der Waals surface area (Å²) in [5.41, 5.74) is 0.935. The van der Waals surface area contributed by atoms with Gasteiger partial charge < -0.3 is 19.7 Å². The molecule has 0 aliphatic carbocycles. The van der Waals surface area contributed by atoms with Gasteiger partial charge in [-0.25, -0.2) is 4.79 Å². The van der Waals surface area contributed by atoms with Gasteiger partial charge in [0.1, 0.15) is 5.75 Å². The predicted octanol–water partition coefficient (Wildman–Crippen LogP) is 3.04. The number of amides is 2. The second kappa shape index (κ2) is 8.06. The van der Waals surface area contributed by atoms with Crippen molar-refractivity contribution in [1.82, 2.24) is 10.2 Å². The Kier molecular flexibility index (Phi) is 5.76. The Hall–Kier alpha value is -2.45. The number of nitrogens with one attached hydrogen (secondary N) is 1. The van der Waals surface area contributed by atoms with Crippen LogP contribution < -0.4 is 10.1 Å². The molecule has 1 aromatic rings. The highest BCUT2D eigenvalue weighted by atomic mass is 19.4. The quantitative estimate of drug-likeness (QED) is 0.867. The smallest absolute Gasteiger partial charge is 0.422 e. The standard InChI is InChI=1S/C18H21F3N2O4/c19-18(20,21)11-27-17(25)23-8-5-12(6-9-23)16(24)22-14-7-10-26-15-4-2-1-3-13(14)15/h1-4,12,14H,5-11H2,(H,22,24). The van der Waals surface area contributed by atoms with E-state index in [1.807, 2.05) is 24.3 Å². The lowest BCUT2D eigenvalue weighted by molar-refractivity contribution is -0.162. The first-order valence-corrected chi connectivity index (χ1v) is 8.84. The maximum atomic E-state index is 12.6. The first-order chi connectivity index (χ1) is 12.8. The molecule has 3 rings (SSSR count). The first-order valence-electron chi connectivity index (χ1n) is 8.84. The Balaban J connectivity index is 1.49. The highest BCUT2D eigenvalue weighted by Gasteiger charge is 2.33. The molecule has 148 valence electrons. The topological polar surface area (TPSA) is 67.9 Å². The van der Waals surface area contributed by atoms with Gasteiger partial charge in [0.25, 0.3) is 0 Å². The van der Waals surface area contributed by atoms with E-state index in [4.69, 9.17) is 4.74 Å². The van der Waals surface area contributed by atoms with Crippen molar-refractivity contribution in [3.63, 3.8) is 0 Å². The van der Waals surface area contributed by atoms with Crippen LogP contribution in [-0.2, 0) is 9.53 Å². The normalized spacial score (nSPS) is 20.4. The maximum absolute atomic E-state index is 12.6. The number of likely N-dealkylation sites (tertiary alicyclic amines) is 1. The van der Waals surface area contributed by atoms with Crippen LogP contribution in [0.3, 0.4) is 0 Å². The molecule has 0 saturated carbocycles. The van der Waals surface area contributed by atoms with Gasteiger partial charge in [0.2, 0.25) is 5.91 Å². The van der Waals surface area contributed by atoms with Gasteiger partial charge in [-0.2, -0.15) is 13.2 Å². The molecule has 9 heteroatoms. The maximum Gasteiger partial charge on any atom is 0.422 e. The fourth-order valence-electron chi connectivity index (χ4n) is 3.34. The average molecular weight is 386 g/mol. The summed E-state index contributed by atoms with van der Waals surface area (Å²) in [6, 6.07) is 7.41. The molecule has 1 saturated heterocycles. The van der Waals surface area contributed by atoms with Crippen molar-refractivity contribution in [1.29, 1.82) is 0 Å². The van der Waals surface area contributed by atoms with Crippen molar-refractivity contribution in [2.24, 2.45) is 5.92 Å². The number of ether oxygens (including phenoxy) is 2. The van der Waals surface area contributed by atoms with E-state index in [1.165, 1.54) is 4.90 Å². The Labute approximate surface area is 154 Å². The molecule has 1 atom stereocenters. The predicted molar refractivity (Wildman–Crippen MR) is 89.1 cm³/mol. The molecule has 2 aliphatic heterocycles. The summed E-state index contributed by atoms with van der Waals surface area (Å²) < 4.78 is 46.2. The number of para-hydroxylation sites is 1. The van der Waals surface area contributed by atoms with E-state index in [1.54, 1.807) is 0 Å². The third-order valence-corrected chi connectivity index (χ3v) is 4.76. The highest BCUT2D eigenvalue weighted by Crippen LogP contribution is 2.32. The number of hydrogen-bond acceptors (Lipinski definition) is 4. The van der Waals surface area contributed by atoms with Gasteiger partial charge in [0, 0.05) is 31.0 Å². The summed E-state index contributed by atoms with van der Waals surface area (Å²) in [6.45, 7) is -0.695. The number of piperidine rings is 1. The number of halogens is 3. The molecule has 0 aromatic heterocycles. The zero-order valence-electron chi connectivity index (χ0n) is 14.6. The minimum atomic E-state index is -4.55. The molecular weight excluding hydrogens is 365 g/mol. The van der Waals surface area contributed by atoms with Crippen molar-refractivity contribution in [3.8, 4) is 5.75 Å². The van der Waals surface area contributed by atoms with Crippen LogP contribution in [0.1, 0.15) is 30.9 Å². The molecule has 1 aromatic carbocycles. The minimum Gasteiger partial charge on any atom is -0.493 e. The molecule has 1 fully saturated rings. The van der Waals surface area contributed by atoms with Gasteiger partial charge in [0.05, 0.1) is 12.6 Å². The minimum absolute atomic E-state index is 0.111. The number of carbonyl (C=O) groups is 2. The number of hydrogen-bond donors (Lipinski definition) is 1. The Bertz CT molecular complexity index is 687. The van der Waals surface area contributed by atoms with Crippen molar-refractivity contribution in [2.45, 2.75) is 31.5 Å². The summed E-state index contributed by atoms with van der Waals surface area (Å²) >= 11 is 0. The fourth-order valence-corrected chi connectivity index (χ4v) is 3.34. The lowest BCUT2D eigenvalue weighted by Crippen LogP contribution is -2.44. The Morgan fingerprint density at radius 1 is 1.19 bits per heavy atom. The monoisotopic (exact) mass is 386 g/mol. The van der Waals surface area contributed by atoms with Crippen molar-refractivity contribution < 1.29 is 32.2 Å². The van der Waals surface area contributed by atoms with E-state index < -0.39 is 18.9 Å². The number of nitrogens with zero attached hydrogens (tertiary/aromatic N) is 1. The van der Waals surface area contributed by atoms with Crippen LogP contribution in [0.2, 0.25) is 0 Å². The molecule has 0 bridgehead atoms. The van der Waals surface area contributed by atoms with Gasteiger partial charge in [-0.05, 0) is 18.9 Å². The van der Waals surface area contributed by atoms with Gasteiger partial charge in [-0.15, -0.1) is 0 Å². The Morgan fingerprint density at radius 3 is 2.59 bits per heavy atom. The Morgan fingerprint density at radius 2 is 1.89 bits per heavy atom. The third-order valence-electron chi connectivity index (χ3n) is 4.76. The van der Waals surface area contributed by atoms with Crippen LogP contribution in [0.5, 0.6) is 5.75 Å². The van der Waals surface area contributed by atoms with Crippen LogP contribution in [0.25, 0.3) is 0 Å². The summed E-state index contributed by atoms with van der Waals surface area (Å²) in [5.74, 6) is 0.364. The fraction of sp³-hybridized carbons (Fsp3) is 0.556. The van der Waals surface area contributed by atoms with Gasteiger partial charge in [-0.1, -0.05) is 18.2 Å². The van der Waals surface area contributed by atoms with Crippen LogP contribution in [0, 0.1) is 5.92 Å². The van der Waals surface area contributed by atoms with Crippen molar-refractivity contribution in [2.75, 3.05) is 26.3 Å². The third kappa shape index (κ3) is 5.05. The molecule has 0 radical (unpaired) electrons. The van der Waals surface area contributed by atoms with Crippen LogP contribution in [-0.4, -0.2) is 49.4 Å². The molecule has 1 unspecified atom stereocenters. The first kappa shape index (κ1) is 19.3. The lowest BCUT2D eigenvalue weighted by Gasteiger charge is -2.32. The largest absolute Gasteiger partial charge is 0.493 e. The summed E-state index contributed by atoms with van der Waals surface area (Å²) in [5, 5.41) is 3.03. The highest BCUT2D eigenvalue weighted by molar-refractivity contribution is 5.79. The summed E-state index contributed by atoms with van der Waals surface area (Å²) in [7, 11) is 0. The van der Waals surface area contributed by atoms with E-state index in [2.05, 4.69) is 10.1 Å². The van der Waals surface area contributed by atoms with Gasteiger partial charge in [0.15, 0.2) is 6.61 Å². The number of carbonyl (C=O) groups excluding carboxylic acids is 2. The second-order valence-electron chi connectivity index (χ2n) is 6.67. The zero-order valence-corrected chi connectivity index (χ0v) is 14.6. The summed E-state index contributed by atoms with van der Waals surface area (Å²) in [6.07, 6.45) is -4.10. The molecule has 0 spiro atoms. The molecule has 2 heterocycles. The van der Waals surface area contributed by atoms with E-state index in [9.17, 15) is 22.8 Å². The SMILES string of the molecule is O=C(NC1CCOc2ccccc21)C1CCN(C(=O)OCC(F)(F)F)CC1. The van der Waals surface area contributed by atoms with Crippen LogP contribution in [0.4, 0.5) is 18.0 Å². The molecule has 2 aliphatic rings. The number of benzene rings is 1. The van der Waals surface area contributed by atoms with E-state index in [0.29, 0.717) is 25.9 Å². The van der Waals surface area contributed by atoms with E-state index >= 15 is 0 Å². The van der Waals surface area contributed by atoms with Gasteiger partial charge in [-0.3, -0.25) is 4.79 Å². The molecule has 6 nitrogen and oxygen atoms in total. The molecular formula is C18H21F3N2O4. The van der Waals surface area contributed by atoms with Crippen LogP contribution >= 0.6 is 0 Å². The van der Waals surface area contributed by atoms with Gasteiger partial charge >= 0.3 is 12.3 Å². The lowest BCUT2D eigenvalue weighted by atomic mass is 9.94. The number of alkyl halides is 3. The molecule has 2 amide bonds. The molecule has 1 N–H and O–H groups in total. The van der Waals surface area contributed by atoms with E-state index in [-0.39, 0.29) is 31.0 Å². The van der Waals surface area contributed by atoms with E-state index in [0.717, 1.165) is 11.3 Å². The van der Waals surface area contributed by atoms with Crippen molar-refractivity contribution in [3.05, 3.63) is 29.8 Å². The summed E-state index contributed by atoms with van der Waals surface area (Å²) in [4.78, 5) is 25.4. The average Bonchev–Trinajstić information content (AvgIpc) is 2.66. The second-order valence-corrected chi connectivity index (χ2v) is 6.67.